The van der Waals surface area contributed by atoms with Crippen LogP contribution in [0.1, 0.15) is 32.3 Å². The van der Waals surface area contributed by atoms with Gasteiger partial charge in [0.05, 0.1) is 30.5 Å². The highest BCUT2D eigenvalue weighted by molar-refractivity contribution is 5.75. The van der Waals surface area contributed by atoms with Crippen molar-refractivity contribution in [3.05, 3.63) is 46.7 Å². The van der Waals surface area contributed by atoms with Crippen molar-refractivity contribution in [2.45, 2.75) is 32.3 Å². The summed E-state index contributed by atoms with van der Waals surface area (Å²) in [6.07, 6.45) is 1.14. The zero-order valence-corrected chi connectivity index (χ0v) is 21.1. The van der Waals surface area contributed by atoms with Crippen molar-refractivity contribution < 1.29 is 23.8 Å². The molecule has 3 rings (SSSR count). The van der Waals surface area contributed by atoms with Crippen LogP contribution in [-0.2, 0) is 9.53 Å². The van der Waals surface area contributed by atoms with Crippen LogP contribution in [-0.4, -0.2) is 49.3 Å². The van der Waals surface area contributed by atoms with Crippen LogP contribution in [0.3, 0.4) is 0 Å². The molecule has 192 valence electrons. The molecule has 0 spiro atoms. The highest BCUT2D eigenvalue weighted by atomic mass is 16.6. The highest BCUT2D eigenvalue weighted by Crippen LogP contribution is 2.55. The number of amides is 2. The minimum Gasteiger partial charge on any atom is -0.493 e. The summed E-state index contributed by atoms with van der Waals surface area (Å²) in [5.41, 5.74) is 9.83. The summed E-state index contributed by atoms with van der Waals surface area (Å²) in [6, 6.07) is 10.9. The molecular formula is C26H28N6O5. The highest BCUT2D eigenvalue weighted by Gasteiger charge is 2.55. The maximum Gasteiger partial charge on any atom is 0.410 e. The van der Waals surface area contributed by atoms with Crippen LogP contribution in [0, 0.1) is 45.3 Å². The van der Waals surface area contributed by atoms with Crippen molar-refractivity contribution in [3.8, 4) is 29.7 Å². The van der Waals surface area contributed by atoms with Gasteiger partial charge in [-0.1, -0.05) is 12.1 Å². The van der Waals surface area contributed by atoms with Crippen molar-refractivity contribution in [1.29, 1.82) is 15.8 Å². The number of allylic oxidation sites excluding steroid dienone is 2. The van der Waals surface area contributed by atoms with Crippen LogP contribution in [0.15, 0.2) is 41.1 Å². The van der Waals surface area contributed by atoms with Crippen molar-refractivity contribution in [3.63, 3.8) is 0 Å². The molecule has 11 heteroatoms. The first kappa shape index (κ1) is 26.9. The predicted octanol–water partition coefficient (Wildman–Crippen LogP) is 2.22. The lowest BCUT2D eigenvalue weighted by atomic mass is 9.58. The Labute approximate surface area is 215 Å². The molecule has 0 fully saturated rings. The Morgan fingerprint density at radius 2 is 1.86 bits per heavy atom. The van der Waals surface area contributed by atoms with Crippen LogP contribution in [0.25, 0.3) is 0 Å². The van der Waals surface area contributed by atoms with E-state index in [9.17, 15) is 25.4 Å². The number of nitrogens with zero attached hydrogens (tertiary/aromatic N) is 4. The number of fused-ring (bicyclic) bond motifs is 1. The van der Waals surface area contributed by atoms with E-state index < -0.39 is 34.9 Å². The standard InChI is InChI=1S/C26H28N6O5/c1-25(2,3)37-24(34)32-8-7-16-17(10-27)23(31)26(13-28,14-29)22(18(16)11-32)15-5-6-19(20(9-15)35-4)36-12-21(30)33/h5-7,9,18,22H,8,11-12,31H2,1-4H3,(H2,30,33)/t18-,22+/m0/s1. The molecule has 37 heavy (non-hydrogen) atoms. The largest absolute Gasteiger partial charge is 0.493 e. The molecule has 1 aliphatic carbocycles. The lowest BCUT2D eigenvalue weighted by Gasteiger charge is -2.45. The molecule has 0 radical (unpaired) electrons. The van der Waals surface area contributed by atoms with Gasteiger partial charge in [0.25, 0.3) is 5.91 Å². The normalized spacial score (nSPS) is 20.4. The van der Waals surface area contributed by atoms with Gasteiger partial charge in [0.1, 0.15) is 11.7 Å². The minimum absolute atomic E-state index is 0.0570. The topological polar surface area (TPSA) is 188 Å². The number of rotatable bonds is 5. The van der Waals surface area contributed by atoms with Gasteiger partial charge in [-0.2, -0.15) is 15.8 Å². The predicted molar refractivity (Wildman–Crippen MR) is 130 cm³/mol. The van der Waals surface area contributed by atoms with E-state index >= 15 is 0 Å². The number of methoxy groups -OCH3 is 1. The molecule has 2 amide bonds. The Kier molecular flexibility index (Phi) is 7.36. The molecule has 2 aliphatic rings. The number of nitriles is 3. The Bertz CT molecular complexity index is 1290. The number of nitrogens with two attached hydrogens (primary N) is 2. The number of benzene rings is 1. The summed E-state index contributed by atoms with van der Waals surface area (Å²) in [4.78, 5) is 25.5. The van der Waals surface area contributed by atoms with Gasteiger partial charge >= 0.3 is 6.09 Å². The van der Waals surface area contributed by atoms with E-state index in [1.165, 1.54) is 18.1 Å². The molecule has 0 unspecified atom stereocenters. The van der Waals surface area contributed by atoms with Gasteiger partial charge in [-0.05, 0) is 44.0 Å². The molecule has 1 aromatic rings. The van der Waals surface area contributed by atoms with Gasteiger partial charge in [0.15, 0.2) is 23.5 Å². The van der Waals surface area contributed by atoms with Crippen molar-refractivity contribution >= 4 is 12.0 Å². The maximum absolute atomic E-state index is 12.9. The maximum atomic E-state index is 12.9. The van der Waals surface area contributed by atoms with Gasteiger partial charge in [0, 0.05) is 24.9 Å². The number of carbonyl (C=O) groups excluding carboxylic acids is 2. The first-order valence-corrected chi connectivity index (χ1v) is 11.4. The average Bonchev–Trinajstić information content (AvgIpc) is 2.85. The Hall–Kier alpha value is -4.69. The van der Waals surface area contributed by atoms with Crippen molar-refractivity contribution in [2.75, 3.05) is 26.8 Å². The smallest absolute Gasteiger partial charge is 0.410 e. The zero-order valence-electron chi connectivity index (χ0n) is 21.1. The molecule has 11 nitrogen and oxygen atoms in total. The lowest BCUT2D eigenvalue weighted by molar-refractivity contribution is -0.119. The summed E-state index contributed by atoms with van der Waals surface area (Å²) in [6.45, 7) is 5.13. The van der Waals surface area contributed by atoms with Crippen LogP contribution in [0.5, 0.6) is 11.5 Å². The second-order valence-corrected chi connectivity index (χ2v) is 9.73. The minimum atomic E-state index is -1.91. The van der Waals surface area contributed by atoms with E-state index in [1.54, 1.807) is 39.0 Å². The summed E-state index contributed by atoms with van der Waals surface area (Å²) in [7, 11) is 1.40. The molecule has 2 atom stereocenters. The molecule has 1 aliphatic heterocycles. The first-order chi connectivity index (χ1) is 17.4. The number of hydrogen-bond donors (Lipinski definition) is 2. The summed E-state index contributed by atoms with van der Waals surface area (Å²) in [5, 5.41) is 30.5. The van der Waals surface area contributed by atoms with Crippen LogP contribution < -0.4 is 20.9 Å². The van der Waals surface area contributed by atoms with E-state index in [4.69, 9.17) is 25.7 Å². The molecule has 4 N–H and O–H groups in total. The molecule has 1 aromatic carbocycles. The monoisotopic (exact) mass is 504 g/mol. The summed E-state index contributed by atoms with van der Waals surface area (Å²) >= 11 is 0. The summed E-state index contributed by atoms with van der Waals surface area (Å²) in [5.74, 6) is -1.72. The van der Waals surface area contributed by atoms with E-state index in [0.717, 1.165) is 0 Å². The van der Waals surface area contributed by atoms with Crippen LogP contribution >= 0.6 is 0 Å². The van der Waals surface area contributed by atoms with E-state index in [1.807, 2.05) is 12.1 Å². The third-order valence-electron chi connectivity index (χ3n) is 6.23. The molecule has 0 aromatic heterocycles. The number of ether oxygens (including phenoxy) is 3. The van der Waals surface area contributed by atoms with E-state index in [-0.39, 0.29) is 42.5 Å². The van der Waals surface area contributed by atoms with Crippen molar-refractivity contribution in [1.82, 2.24) is 4.90 Å². The number of carbonyl (C=O) groups is 2. The van der Waals surface area contributed by atoms with Crippen molar-refractivity contribution in [2.24, 2.45) is 22.8 Å². The van der Waals surface area contributed by atoms with Crippen LogP contribution in [0.4, 0.5) is 4.79 Å². The SMILES string of the molecule is COc1cc([C@@H]2[C@H]3CN(C(=O)OC(C)(C)C)CC=C3C(C#N)=C(N)C2(C#N)C#N)ccc1OCC(N)=O. The zero-order chi connectivity index (χ0) is 27.5. The summed E-state index contributed by atoms with van der Waals surface area (Å²) < 4.78 is 16.4. The van der Waals surface area contributed by atoms with Gasteiger partial charge in [-0.15, -0.1) is 0 Å². The number of hydrogen-bond acceptors (Lipinski definition) is 9. The Balaban J connectivity index is 2.18. The molecular weight excluding hydrogens is 476 g/mol. The van der Waals surface area contributed by atoms with Gasteiger partial charge in [-0.25, -0.2) is 4.79 Å². The Morgan fingerprint density at radius 1 is 1.19 bits per heavy atom. The molecule has 0 bridgehead atoms. The second-order valence-electron chi connectivity index (χ2n) is 9.73. The Morgan fingerprint density at radius 3 is 2.41 bits per heavy atom. The third-order valence-corrected chi connectivity index (χ3v) is 6.23. The lowest BCUT2D eigenvalue weighted by Crippen LogP contribution is -2.50. The molecule has 0 saturated heterocycles. The fraction of sp³-hybridized carbons (Fsp3) is 0.423. The molecule has 0 saturated carbocycles. The fourth-order valence-electron chi connectivity index (χ4n) is 4.68. The second kappa shape index (κ2) is 10.1. The number of primary amides is 1. The average molecular weight is 505 g/mol. The van der Waals surface area contributed by atoms with Gasteiger partial charge < -0.3 is 30.6 Å². The van der Waals surface area contributed by atoms with E-state index in [0.29, 0.717) is 11.1 Å². The van der Waals surface area contributed by atoms with Gasteiger partial charge in [-0.3, -0.25) is 4.79 Å². The van der Waals surface area contributed by atoms with Crippen LogP contribution in [0.2, 0.25) is 0 Å². The first-order valence-electron chi connectivity index (χ1n) is 11.4. The fourth-order valence-corrected chi connectivity index (χ4v) is 4.68. The van der Waals surface area contributed by atoms with E-state index in [2.05, 4.69) is 6.07 Å². The van der Waals surface area contributed by atoms with Gasteiger partial charge in [0.2, 0.25) is 0 Å². The molecule has 1 heterocycles. The quantitative estimate of drug-likeness (QED) is 0.605. The third kappa shape index (κ3) is 5.00.